The van der Waals surface area contributed by atoms with Gasteiger partial charge in [-0.15, -0.1) is 0 Å². The van der Waals surface area contributed by atoms with Crippen molar-refractivity contribution in [2.24, 2.45) is 0 Å². The molecule has 0 atom stereocenters. The molecule has 0 bridgehead atoms. The number of nitriles is 1. The van der Waals surface area contributed by atoms with E-state index in [1.54, 1.807) is 0 Å². The normalized spacial score (nSPS) is 9.25. The first kappa shape index (κ1) is 7.71. The second-order valence-electron chi connectivity index (χ2n) is 1.79. The van der Waals surface area contributed by atoms with E-state index in [1.165, 1.54) is 12.1 Å². The summed E-state index contributed by atoms with van der Waals surface area (Å²) in [5.74, 6) is 0. The monoisotopic (exact) mass is 126 g/mol. The second-order valence-corrected chi connectivity index (χ2v) is 5.06. The van der Waals surface area contributed by atoms with Crippen LogP contribution in [0.4, 0.5) is 0 Å². The average molecular weight is 126 g/mol. The van der Waals surface area contributed by atoms with Gasteiger partial charge < -0.3 is 0 Å². The Morgan fingerprint density at radius 1 is 1.38 bits per heavy atom. The topological polar surface area (TPSA) is 23.8 Å². The number of nitrogens with zero attached hydrogens (tertiary/aromatic N) is 1. The molecular weight excluding hydrogens is 114 g/mol. The largest absolute Gasteiger partial charge is 0.199 e. The maximum atomic E-state index is 8.27. The van der Waals surface area contributed by atoms with Gasteiger partial charge in [-0.25, -0.2) is 0 Å². The zero-order valence-electron chi connectivity index (χ0n) is 5.57. The second kappa shape index (κ2) is 4.86. The van der Waals surface area contributed by atoms with Gasteiger partial charge in [-0.05, 0) is 0 Å². The van der Waals surface area contributed by atoms with Crippen molar-refractivity contribution in [3.63, 3.8) is 0 Å². The summed E-state index contributed by atoms with van der Waals surface area (Å²) >= 11 is 0. The molecule has 0 aromatic rings. The Kier molecular flexibility index (Phi) is 4.68. The number of hydrogen-bond acceptors (Lipinski definition) is 1. The lowest BCUT2D eigenvalue weighted by Gasteiger charge is -2.00. The molecule has 0 saturated carbocycles. The molecule has 0 saturated heterocycles. The van der Waals surface area contributed by atoms with Gasteiger partial charge in [-0.1, -0.05) is 25.9 Å². The van der Waals surface area contributed by atoms with Gasteiger partial charge in [0.25, 0.3) is 0 Å². The van der Waals surface area contributed by atoms with Gasteiger partial charge >= 0.3 is 0 Å². The average Bonchev–Trinajstić information content (AvgIpc) is 1.83. The smallest absolute Gasteiger partial charge is 0.0643 e. The highest BCUT2D eigenvalue weighted by Crippen LogP contribution is 2.01. The first-order chi connectivity index (χ1) is 3.85. The summed E-state index contributed by atoms with van der Waals surface area (Å²) in [4.78, 5) is 0. The lowest BCUT2D eigenvalue weighted by molar-refractivity contribution is 1.28. The summed E-state index contributed by atoms with van der Waals surface area (Å²) in [6, 6.07) is 5.54. The lowest BCUT2D eigenvalue weighted by Crippen LogP contribution is -2.05. The van der Waals surface area contributed by atoms with Crippen molar-refractivity contribution < 1.29 is 0 Å². The molecule has 2 heteroatoms. The summed E-state index contributed by atoms with van der Waals surface area (Å²) < 4.78 is 0. The molecule has 0 spiro atoms. The molecule has 0 rings (SSSR count). The quantitative estimate of drug-likeness (QED) is 0.531. The van der Waals surface area contributed by atoms with Crippen molar-refractivity contribution in [2.45, 2.75) is 32.0 Å². The molecule has 0 aromatic carbocycles. The van der Waals surface area contributed by atoms with Gasteiger partial charge in [0.2, 0.25) is 0 Å². The van der Waals surface area contributed by atoms with Gasteiger partial charge in [0.05, 0.1) is 14.9 Å². The fourth-order valence-corrected chi connectivity index (χ4v) is 1.84. The number of rotatable bonds is 3. The van der Waals surface area contributed by atoms with Gasteiger partial charge in [-0.2, -0.15) is 5.26 Å². The Morgan fingerprint density at radius 3 is 2.00 bits per heavy atom. The summed E-state index contributed by atoms with van der Waals surface area (Å²) in [6.45, 7) is 4.35. The maximum Gasteiger partial charge on any atom is 0.0643 e. The Labute approximate surface area is 52.9 Å². The Morgan fingerprint density at radius 2 is 1.88 bits per heavy atom. The maximum absolute atomic E-state index is 8.27. The van der Waals surface area contributed by atoms with E-state index in [0.29, 0.717) is 0 Å². The highest BCUT2D eigenvalue weighted by molar-refractivity contribution is 6.59. The standard InChI is InChI=1S/C6H12NSi/c1-3-8(4-2)6-5-7/h3-4,6H2,1-2H3. The molecule has 1 radical (unpaired) electrons. The van der Waals surface area contributed by atoms with Crippen molar-refractivity contribution in [3.8, 4) is 6.07 Å². The van der Waals surface area contributed by atoms with Crippen molar-refractivity contribution in [3.05, 3.63) is 0 Å². The Hall–Kier alpha value is -0.293. The molecule has 0 aromatic heterocycles. The highest BCUT2D eigenvalue weighted by Gasteiger charge is 2.02. The third-order valence-electron chi connectivity index (χ3n) is 1.33. The van der Waals surface area contributed by atoms with Crippen LogP contribution >= 0.6 is 0 Å². The SMILES string of the molecule is CC[Si](CC)CC#N. The van der Waals surface area contributed by atoms with E-state index >= 15 is 0 Å². The fourth-order valence-electron chi connectivity index (χ4n) is 0.612. The molecule has 0 N–H and O–H groups in total. The fraction of sp³-hybridized carbons (Fsp3) is 0.833. The van der Waals surface area contributed by atoms with E-state index in [4.69, 9.17) is 5.26 Å². The summed E-state index contributed by atoms with van der Waals surface area (Å²) in [7, 11) is -0.235. The molecule has 0 fully saturated rings. The van der Waals surface area contributed by atoms with Crippen molar-refractivity contribution in [1.82, 2.24) is 0 Å². The van der Waals surface area contributed by atoms with E-state index in [-0.39, 0.29) is 8.80 Å². The Bertz CT molecular complexity index is 81.0. The summed E-state index contributed by atoms with van der Waals surface area (Å²) in [6.07, 6.45) is 0. The third-order valence-corrected chi connectivity index (χ3v) is 3.99. The van der Waals surface area contributed by atoms with Crippen molar-refractivity contribution in [1.29, 1.82) is 5.26 Å². The van der Waals surface area contributed by atoms with E-state index in [0.717, 1.165) is 6.04 Å². The molecule has 0 aliphatic carbocycles. The van der Waals surface area contributed by atoms with Crippen LogP contribution < -0.4 is 0 Å². The van der Waals surface area contributed by atoms with Crippen molar-refractivity contribution in [2.75, 3.05) is 0 Å². The molecule has 1 nitrogen and oxygen atoms in total. The first-order valence-electron chi connectivity index (χ1n) is 3.05. The molecular formula is C6H12NSi. The Balaban J connectivity index is 3.25. The van der Waals surface area contributed by atoms with Gasteiger partial charge in [-0.3, -0.25) is 0 Å². The summed E-state index contributed by atoms with van der Waals surface area (Å²) in [5, 5.41) is 8.27. The van der Waals surface area contributed by atoms with Gasteiger partial charge in [0, 0.05) is 6.04 Å². The van der Waals surface area contributed by atoms with Crippen molar-refractivity contribution >= 4 is 8.80 Å². The molecule has 0 aliphatic rings. The molecule has 0 heterocycles. The van der Waals surface area contributed by atoms with Crippen LogP contribution in [0.2, 0.25) is 18.1 Å². The predicted octanol–water partition coefficient (Wildman–Crippen LogP) is 2.04. The lowest BCUT2D eigenvalue weighted by atomic mass is 10.9. The van der Waals surface area contributed by atoms with Crippen LogP contribution in [0, 0.1) is 11.3 Å². The molecule has 8 heavy (non-hydrogen) atoms. The van der Waals surface area contributed by atoms with Crippen LogP contribution in [0.25, 0.3) is 0 Å². The first-order valence-corrected chi connectivity index (χ1v) is 5.17. The zero-order chi connectivity index (χ0) is 6.41. The van der Waals surface area contributed by atoms with Crippen LogP contribution in [-0.4, -0.2) is 8.80 Å². The van der Waals surface area contributed by atoms with Crippen LogP contribution in [0.5, 0.6) is 0 Å². The molecule has 0 unspecified atom stereocenters. The van der Waals surface area contributed by atoms with E-state index in [9.17, 15) is 0 Å². The van der Waals surface area contributed by atoms with Crippen LogP contribution in [0.3, 0.4) is 0 Å². The van der Waals surface area contributed by atoms with Crippen LogP contribution in [0.1, 0.15) is 13.8 Å². The molecule has 0 aliphatic heterocycles. The van der Waals surface area contributed by atoms with Crippen LogP contribution in [-0.2, 0) is 0 Å². The zero-order valence-corrected chi connectivity index (χ0v) is 6.57. The van der Waals surface area contributed by atoms with E-state index in [2.05, 4.69) is 19.9 Å². The van der Waals surface area contributed by atoms with Gasteiger partial charge in [0.1, 0.15) is 0 Å². The predicted molar refractivity (Wildman–Crippen MR) is 37.1 cm³/mol. The minimum atomic E-state index is -0.235. The van der Waals surface area contributed by atoms with Crippen LogP contribution in [0.15, 0.2) is 0 Å². The minimum Gasteiger partial charge on any atom is -0.199 e. The minimum absolute atomic E-state index is 0.235. The molecule has 45 valence electrons. The summed E-state index contributed by atoms with van der Waals surface area (Å²) in [5.41, 5.74) is 0. The number of hydrogen-bond donors (Lipinski definition) is 0. The highest BCUT2D eigenvalue weighted by atomic mass is 28.3. The van der Waals surface area contributed by atoms with E-state index < -0.39 is 0 Å². The third kappa shape index (κ3) is 2.81. The van der Waals surface area contributed by atoms with Gasteiger partial charge in [0.15, 0.2) is 0 Å². The van der Waals surface area contributed by atoms with E-state index in [1.807, 2.05) is 0 Å². The molecule has 0 amide bonds.